The number of thioether (sulfide) groups is 1. The zero-order valence-electron chi connectivity index (χ0n) is 14.4. The molecule has 0 fully saturated rings. The van der Waals surface area contributed by atoms with E-state index >= 15 is 0 Å². The Hall–Kier alpha value is -2.31. The van der Waals surface area contributed by atoms with Crippen LogP contribution >= 0.6 is 11.8 Å². The molecule has 0 amide bonds. The molecule has 0 radical (unpaired) electrons. The van der Waals surface area contributed by atoms with E-state index in [1.807, 2.05) is 41.9 Å². The summed E-state index contributed by atoms with van der Waals surface area (Å²) >= 11 is 1.65. The first-order valence-corrected chi connectivity index (χ1v) is 9.10. The second-order valence-electron chi connectivity index (χ2n) is 5.83. The standard InChI is InChI=1S/C19H22N4OS/c1-23-18(17(20)12-14-6-4-3-5-7-14)21-22-19(23)25-13-15-8-10-16(24-2)11-9-15/h3-11,17H,12-13,20H2,1-2H3. The summed E-state index contributed by atoms with van der Waals surface area (Å²) < 4.78 is 7.17. The molecule has 3 rings (SSSR count). The van der Waals surface area contributed by atoms with Gasteiger partial charge >= 0.3 is 0 Å². The monoisotopic (exact) mass is 354 g/mol. The Bertz CT molecular complexity index is 802. The molecule has 6 heteroatoms. The molecule has 0 aliphatic rings. The van der Waals surface area contributed by atoms with Gasteiger partial charge < -0.3 is 15.0 Å². The van der Waals surface area contributed by atoms with Crippen molar-refractivity contribution in [3.63, 3.8) is 0 Å². The molecule has 1 atom stereocenters. The van der Waals surface area contributed by atoms with E-state index in [0.29, 0.717) is 0 Å². The number of hydrogen-bond donors (Lipinski definition) is 1. The first-order valence-electron chi connectivity index (χ1n) is 8.12. The van der Waals surface area contributed by atoms with Gasteiger partial charge in [0.15, 0.2) is 11.0 Å². The lowest BCUT2D eigenvalue weighted by Gasteiger charge is -2.11. The van der Waals surface area contributed by atoms with Crippen molar-refractivity contribution in [3.8, 4) is 5.75 Å². The van der Waals surface area contributed by atoms with E-state index < -0.39 is 0 Å². The number of rotatable bonds is 7. The van der Waals surface area contributed by atoms with Gasteiger partial charge in [-0.05, 0) is 29.7 Å². The van der Waals surface area contributed by atoms with E-state index in [2.05, 4.69) is 34.5 Å². The van der Waals surface area contributed by atoms with Crippen LogP contribution in [0.15, 0.2) is 59.8 Å². The highest BCUT2D eigenvalue weighted by Gasteiger charge is 2.16. The first-order chi connectivity index (χ1) is 12.2. The van der Waals surface area contributed by atoms with Crippen molar-refractivity contribution in [3.05, 3.63) is 71.5 Å². The molecule has 1 unspecified atom stereocenters. The van der Waals surface area contributed by atoms with Gasteiger partial charge in [0.2, 0.25) is 0 Å². The summed E-state index contributed by atoms with van der Waals surface area (Å²) in [6, 6.07) is 18.1. The molecular formula is C19H22N4OS. The third kappa shape index (κ3) is 4.41. The molecule has 0 aliphatic heterocycles. The Labute approximate surface area is 152 Å². The van der Waals surface area contributed by atoms with Crippen molar-refractivity contribution >= 4 is 11.8 Å². The van der Waals surface area contributed by atoms with Crippen LogP contribution in [0.1, 0.15) is 23.0 Å². The largest absolute Gasteiger partial charge is 0.497 e. The molecule has 130 valence electrons. The lowest BCUT2D eigenvalue weighted by Crippen LogP contribution is -2.18. The van der Waals surface area contributed by atoms with Crippen molar-refractivity contribution in [2.24, 2.45) is 12.8 Å². The summed E-state index contributed by atoms with van der Waals surface area (Å²) in [5.74, 6) is 2.49. The van der Waals surface area contributed by atoms with Gasteiger partial charge in [-0.3, -0.25) is 0 Å². The summed E-state index contributed by atoms with van der Waals surface area (Å²) in [4.78, 5) is 0. The molecule has 2 N–H and O–H groups in total. The smallest absolute Gasteiger partial charge is 0.191 e. The SMILES string of the molecule is COc1ccc(CSc2nnc(C(N)Cc3ccccc3)n2C)cc1. The van der Waals surface area contributed by atoms with Gasteiger partial charge in [-0.1, -0.05) is 54.2 Å². The third-order valence-corrected chi connectivity index (χ3v) is 5.12. The zero-order valence-corrected chi connectivity index (χ0v) is 15.2. The number of hydrogen-bond acceptors (Lipinski definition) is 5. The summed E-state index contributed by atoms with van der Waals surface area (Å²) in [6.07, 6.45) is 0.746. The van der Waals surface area contributed by atoms with Gasteiger partial charge in [0, 0.05) is 12.8 Å². The maximum atomic E-state index is 6.33. The summed E-state index contributed by atoms with van der Waals surface area (Å²) in [5.41, 5.74) is 8.75. The molecule has 3 aromatic rings. The van der Waals surface area contributed by atoms with Gasteiger partial charge in [-0.15, -0.1) is 10.2 Å². The zero-order chi connectivity index (χ0) is 17.6. The number of methoxy groups -OCH3 is 1. The summed E-state index contributed by atoms with van der Waals surface area (Å²) in [7, 11) is 3.64. The van der Waals surface area contributed by atoms with Gasteiger partial charge in [0.25, 0.3) is 0 Å². The minimum absolute atomic E-state index is 0.171. The van der Waals surface area contributed by atoms with E-state index in [1.54, 1.807) is 18.9 Å². The topological polar surface area (TPSA) is 66.0 Å². The molecule has 5 nitrogen and oxygen atoms in total. The molecule has 0 saturated carbocycles. The Morgan fingerprint density at radius 1 is 1.04 bits per heavy atom. The Morgan fingerprint density at radius 3 is 2.44 bits per heavy atom. The van der Waals surface area contributed by atoms with E-state index in [1.165, 1.54) is 11.1 Å². The highest BCUT2D eigenvalue weighted by molar-refractivity contribution is 7.98. The molecule has 0 saturated heterocycles. The predicted octanol–water partition coefficient (Wildman–Crippen LogP) is 3.36. The normalized spacial score (nSPS) is 12.1. The first kappa shape index (κ1) is 17.5. The van der Waals surface area contributed by atoms with E-state index in [9.17, 15) is 0 Å². The predicted molar refractivity (Wildman–Crippen MR) is 101 cm³/mol. The third-order valence-electron chi connectivity index (χ3n) is 4.03. The number of benzene rings is 2. The van der Waals surface area contributed by atoms with Crippen LogP contribution < -0.4 is 10.5 Å². The van der Waals surface area contributed by atoms with Gasteiger partial charge in [0.1, 0.15) is 5.75 Å². The van der Waals surface area contributed by atoms with Crippen LogP contribution in [0.2, 0.25) is 0 Å². The van der Waals surface area contributed by atoms with Crippen LogP contribution in [-0.4, -0.2) is 21.9 Å². The molecule has 1 aromatic heterocycles. The maximum Gasteiger partial charge on any atom is 0.191 e. The molecule has 2 aromatic carbocycles. The van der Waals surface area contributed by atoms with Crippen LogP contribution in [0.25, 0.3) is 0 Å². The molecule has 25 heavy (non-hydrogen) atoms. The highest BCUT2D eigenvalue weighted by Crippen LogP contribution is 2.24. The maximum absolute atomic E-state index is 6.33. The van der Waals surface area contributed by atoms with Gasteiger partial charge in [-0.25, -0.2) is 0 Å². The number of aromatic nitrogens is 3. The lowest BCUT2D eigenvalue weighted by atomic mass is 10.1. The molecule has 0 spiro atoms. The van der Waals surface area contributed by atoms with Crippen LogP contribution in [0.3, 0.4) is 0 Å². The number of ether oxygens (including phenoxy) is 1. The Kier molecular flexibility index (Phi) is 5.73. The van der Waals surface area contributed by atoms with Crippen molar-refractivity contribution in [2.75, 3.05) is 7.11 Å². The average molecular weight is 354 g/mol. The van der Waals surface area contributed by atoms with Crippen molar-refractivity contribution in [2.45, 2.75) is 23.4 Å². The van der Waals surface area contributed by atoms with Gasteiger partial charge in [0.05, 0.1) is 13.2 Å². The average Bonchev–Trinajstić information content (AvgIpc) is 3.02. The lowest BCUT2D eigenvalue weighted by molar-refractivity contribution is 0.414. The quantitative estimate of drug-likeness (QED) is 0.659. The fraction of sp³-hybridized carbons (Fsp3) is 0.263. The summed E-state index contributed by atoms with van der Waals surface area (Å²) in [6.45, 7) is 0. The summed E-state index contributed by atoms with van der Waals surface area (Å²) in [5, 5.41) is 9.47. The molecule has 0 aliphatic carbocycles. The van der Waals surface area contributed by atoms with Crippen molar-refractivity contribution < 1.29 is 4.74 Å². The van der Waals surface area contributed by atoms with E-state index in [-0.39, 0.29) is 6.04 Å². The molecular weight excluding hydrogens is 332 g/mol. The minimum Gasteiger partial charge on any atom is -0.497 e. The Balaban J connectivity index is 1.63. The molecule has 1 heterocycles. The highest BCUT2D eigenvalue weighted by atomic mass is 32.2. The van der Waals surface area contributed by atoms with Crippen LogP contribution in [0, 0.1) is 0 Å². The second-order valence-corrected chi connectivity index (χ2v) is 6.78. The van der Waals surface area contributed by atoms with E-state index in [4.69, 9.17) is 10.5 Å². The fourth-order valence-electron chi connectivity index (χ4n) is 2.60. The number of nitrogens with zero attached hydrogens (tertiary/aromatic N) is 3. The Morgan fingerprint density at radius 2 is 1.76 bits per heavy atom. The van der Waals surface area contributed by atoms with Crippen molar-refractivity contribution in [1.29, 1.82) is 0 Å². The van der Waals surface area contributed by atoms with E-state index in [0.717, 1.165) is 28.9 Å². The van der Waals surface area contributed by atoms with Crippen molar-refractivity contribution in [1.82, 2.24) is 14.8 Å². The number of nitrogens with two attached hydrogens (primary N) is 1. The van der Waals surface area contributed by atoms with Crippen LogP contribution in [0.5, 0.6) is 5.75 Å². The van der Waals surface area contributed by atoms with Crippen LogP contribution in [0.4, 0.5) is 0 Å². The molecule has 0 bridgehead atoms. The second kappa shape index (κ2) is 8.18. The fourth-order valence-corrected chi connectivity index (χ4v) is 3.48. The van der Waals surface area contributed by atoms with Crippen LogP contribution in [-0.2, 0) is 19.2 Å². The minimum atomic E-state index is -0.171. The van der Waals surface area contributed by atoms with Gasteiger partial charge in [-0.2, -0.15) is 0 Å².